The van der Waals surface area contributed by atoms with Crippen LogP contribution in [0.5, 0.6) is 0 Å². The van der Waals surface area contributed by atoms with E-state index < -0.39 is 0 Å². The fourth-order valence-corrected chi connectivity index (χ4v) is 1.91. The molecule has 1 aromatic rings. The number of amides is 1. The minimum absolute atomic E-state index is 0.0731. The number of nitrogens with zero attached hydrogens (tertiary/aromatic N) is 1. The number of benzene rings is 1. The van der Waals surface area contributed by atoms with Gasteiger partial charge in [0.15, 0.2) is 0 Å². The van der Waals surface area contributed by atoms with E-state index in [1.807, 2.05) is 26.0 Å². The Kier molecular flexibility index (Phi) is 5.83. The molecular weight excluding hydrogens is 238 g/mol. The van der Waals surface area contributed by atoms with Crippen LogP contribution in [-0.2, 0) is 6.54 Å². The van der Waals surface area contributed by atoms with Crippen molar-refractivity contribution < 1.29 is 4.79 Å². The zero-order valence-electron chi connectivity index (χ0n) is 12.4. The predicted octanol–water partition coefficient (Wildman–Crippen LogP) is 2.25. The lowest BCUT2D eigenvalue weighted by molar-refractivity contribution is 0.0943. The fourth-order valence-electron chi connectivity index (χ4n) is 1.91. The van der Waals surface area contributed by atoms with E-state index in [1.165, 1.54) is 0 Å². The first-order valence-corrected chi connectivity index (χ1v) is 6.89. The van der Waals surface area contributed by atoms with Crippen LogP contribution in [-0.4, -0.2) is 29.9 Å². The van der Waals surface area contributed by atoms with Gasteiger partial charge in [-0.15, -0.1) is 0 Å². The Bertz CT molecular complexity index is 425. The molecule has 0 atom stereocenters. The van der Waals surface area contributed by atoms with Crippen molar-refractivity contribution in [2.75, 3.05) is 18.8 Å². The summed E-state index contributed by atoms with van der Waals surface area (Å²) >= 11 is 0. The molecule has 0 heterocycles. The maximum Gasteiger partial charge on any atom is 0.251 e. The van der Waals surface area contributed by atoms with Crippen LogP contribution in [0.2, 0.25) is 0 Å². The highest BCUT2D eigenvalue weighted by Gasteiger charge is 2.10. The molecule has 4 heteroatoms. The number of carbonyl (C=O) groups is 1. The largest absolute Gasteiger partial charge is 0.398 e. The Morgan fingerprint density at radius 2 is 1.95 bits per heavy atom. The summed E-state index contributed by atoms with van der Waals surface area (Å²) in [5, 5.41) is 2.86. The highest BCUT2D eigenvalue weighted by molar-refractivity contribution is 5.95. The third-order valence-corrected chi connectivity index (χ3v) is 3.12. The van der Waals surface area contributed by atoms with Crippen molar-refractivity contribution >= 4 is 11.6 Å². The Labute approximate surface area is 116 Å². The second kappa shape index (κ2) is 7.14. The minimum Gasteiger partial charge on any atom is -0.398 e. The van der Waals surface area contributed by atoms with Gasteiger partial charge in [0, 0.05) is 23.8 Å². The van der Waals surface area contributed by atoms with Gasteiger partial charge < -0.3 is 11.1 Å². The van der Waals surface area contributed by atoms with E-state index in [4.69, 9.17) is 5.73 Å². The third kappa shape index (κ3) is 4.56. The van der Waals surface area contributed by atoms with Crippen LogP contribution in [0.3, 0.4) is 0 Å². The zero-order valence-corrected chi connectivity index (χ0v) is 12.4. The quantitative estimate of drug-likeness (QED) is 0.774. The molecule has 0 aromatic heterocycles. The van der Waals surface area contributed by atoms with Crippen LogP contribution in [0.1, 0.15) is 43.6 Å². The summed E-state index contributed by atoms with van der Waals surface area (Å²) < 4.78 is 0. The van der Waals surface area contributed by atoms with Crippen molar-refractivity contribution in [2.24, 2.45) is 0 Å². The van der Waals surface area contributed by atoms with Crippen molar-refractivity contribution in [2.45, 2.75) is 40.3 Å². The number of nitrogens with two attached hydrogens (primary N) is 1. The molecule has 0 aliphatic carbocycles. The summed E-state index contributed by atoms with van der Waals surface area (Å²) in [6.07, 6.45) is 0. The first-order chi connectivity index (χ1) is 8.97. The van der Waals surface area contributed by atoms with Gasteiger partial charge in [-0.05, 0) is 44.6 Å². The summed E-state index contributed by atoms with van der Waals surface area (Å²) in [6.45, 7) is 10.9. The summed E-state index contributed by atoms with van der Waals surface area (Å²) in [6, 6.07) is 5.68. The normalized spacial score (nSPS) is 11.1. The van der Waals surface area contributed by atoms with Crippen molar-refractivity contribution in [3.8, 4) is 0 Å². The molecule has 0 saturated heterocycles. The molecule has 0 aliphatic rings. The van der Waals surface area contributed by atoms with Gasteiger partial charge in [-0.25, -0.2) is 0 Å². The average Bonchev–Trinajstić information content (AvgIpc) is 2.36. The van der Waals surface area contributed by atoms with Crippen LogP contribution in [0.4, 0.5) is 5.69 Å². The van der Waals surface area contributed by atoms with Crippen LogP contribution in [0.15, 0.2) is 18.2 Å². The van der Waals surface area contributed by atoms with Gasteiger partial charge in [-0.3, -0.25) is 9.69 Å². The number of hydrogen-bond donors (Lipinski definition) is 2. The van der Waals surface area contributed by atoms with Gasteiger partial charge in [-0.1, -0.05) is 19.9 Å². The Balaban J connectivity index is 2.82. The molecule has 0 bridgehead atoms. The number of nitrogens with one attached hydrogen (secondary N) is 1. The second-order valence-corrected chi connectivity index (χ2v) is 5.00. The van der Waals surface area contributed by atoms with E-state index in [9.17, 15) is 4.79 Å². The van der Waals surface area contributed by atoms with E-state index in [-0.39, 0.29) is 11.9 Å². The molecule has 0 radical (unpaired) electrons. The Morgan fingerprint density at radius 1 is 1.32 bits per heavy atom. The number of anilines is 1. The number of carbonyl (C=O) groups excluding carboxylic acids is 1. The van der Waals surface area contributed by atoms with E-state index >= 15 is 0 Å². The molecule has 0 aliphatic heterocycles. The van der Waals surface area contributed by atoms with Gasteiger partial charge >= 0.3 is 0 Å². The topological polar surface area (TPSA) is 58.4 Å². The smallest absolute Gasteiger partial charge is 0.251 e. The predicted molar refractivity (Wildman–Crippen MR) is 80.1 cm³/mol. The lowest BCUT2D eigenvalue weighted by Gasteiger charge is -2.19. The van der Waals surface area contributed by atoms with Crippen molar-refractivity contribution in [3.63, 3.8) is 0 Å². The molecule has 0 fully saturated rings. The standard InChI is InChI=1S/C15H25N3O/c1-5-18(6-2)10-13-8-7-12(9-14(13)16)15(19)17-11(3)4/h7-9,11H,5-6,10,16H2,1-4H3,(H,17,19). The second-order valence-electron chi connectivity index (χ2n) is 5.00. The van der Waals surface area contributed by atoms with Gasteiger partial charge in [-0.2, -0.15) is 0 Å². The van der Waals surface area contributed by atoms with Crippen LogP contribution in [0, 0.1) is 0 Å². The third-order valence-electron chi connectivity index (χ3n) is 3.12. The molecule has 106 valence electrons. The highest BCUT2D eigenvalue weighted by Crippen LogP contribution is 2.16. The van der Waals surface area contributed by atoms with Crippen LogP contribution in [0.25, 0.3) is 0 Å². The van der Waals surface area contributed by atoms with Gasteiger partial charge in [0.2, 0.25) is 0 Å². The average molecular weight is 263 g/mol. The molecule has 3 N–H and O–H groups in total. The van der Waals surface area contributed by atoms with Gasteiger partial charge in [0.1, 0.15) is 0 Å². The lowest BCUT2D eigenvalue weighted by atomic mass is 10.1. The van der Waals surface area contributed by atoms with Crippen molar-refractivity contribution in [1.29, 1.82) is 0 Å². The molecule has 0 saturated carbocycles. The molecule has 1 rings (SSSR count). The van der Waals surface area contributed by atoms with Gasteiger partial charge in [0.05, 0.1) is 0 Å². The molecule has 19 heavy (non-hydrogen) atoms. The number of rotatable bonds is 6. The fraction of sp³-hybridized carbons (Fsp3) is 0.533. The Hall–Kier alpha value is -1.55. The van der Waals surface area contributed by atoms with E-state index in [1.54, 1.807) is 6.07 Å². The summed E-state index contributed by atoms with van der Waals surface area (Å²) in [5.74, 6) is -0.0731. The minimum atomic E-state index is -0.0731. The SMILES string of the molecule is CCN(CC)Cc1ccc(C(=O)NC(C)C)cc1N. The molecule has 0 spiro atoms. The Morgan fingerprint density at radius 3 is 2.42 bits per heavy atom. The zero-order chi connectivity index (χ0) is 14.4. The monoisotopic (exact) mass is 263 g/mol. The summed E-state index contributed by atoms with van der Waals surface area (Å²) in [5.41, 5.74) is 8.42. The number of hydrogen-bond acceptors (Lipinski definition) is 3. The summed E-state index contributed by atoms with van der Waals surface area (Å²) in [7, 11) is 0. The lowest BCUT2D eigenvalue weighted by Crippen LogP contribution is -2.30. The van der Waals surface area contributed by atoms with Crippen molar-refractivity contribution in [3.05, 3.63) is 29.3 Å². The molecular formula is C15H25N3O. The maximum absolute atomic E-state index is 11.9. The van der Waals surface area contributed by atoms with Crippen molar-refractivity contribution in [1.82, 2.24) is 10.2 Å². The van der Waals surface area contributed by atoms with E-state index in [0.717, 1.165) is 25.2 Å². The highest BCUT2D eigenvalue weighted by atomic mass is 16.1. The molecule has 1 aromatic carbocycles. The molecule has 0 unspecified atom stereocenters. The van der Waals surface area contributed by atoms with Crippen LogP contribution < -0.4 is 11.1 Å². The first kappa shape index (κ1) is 15.5. The van der Waals surface area contributed by atoms with Gasteiger partial charge in [0.25, 0.3) is 5.91 Å². The number of nitrogen functional groups attached to an aromatic ring is 1. The summed E-state index contributed by atoms with van der Waals surface area (Å²) in [4.78, 5) is 14.2. The van der Waals surface area contributed by atoms with E-state index in [0.29, 0.717) is 11.3 Å². The molecule has 4 nitrogen and oxygen atoms in total. The molecule has 1 amide bonds. The first-order valence-electron chi connectivity index (χ1n) is 6.89. The van der Waals surface area contributed by atoms with Crippen LogP contribution >= 0.6 is 0 Å². The maximum atomic E-state index is 11.9. The van der Waals surface area contributed by atoms with E-state index in [2.05, 4.69) is 24.1 Å².